The summed E-state index contributed by atoms with van der Waals surface area (Å²) >= 11 is 5.86. The van der Waals surface area contributed by atoms with E-state index in [0.29, 0.717) is 16.4 Å². The Bertz CT molecular complexity index is 932. The molecule has 3 rings (SSSR count). The number of methoxy groups -OCH3 is 1. The van der Waals surface area contributed by atoms with Gasteiger partial charge in [0.25, 0.3) is 5.56 Å². The zero-order valence-electron chi connectivity index (χ0n) is 12.3. The molecule has 0 aliphatic rings. The van der Waals surface area contributed by atoms with Crippen molar-refractivity contribution in [3.63, 3.8) is 0 Å². The van der Waals surface area contributed by atoms with Gasteiger partial charge >= 0.3 is 5.97 Å². The van der Waals surface area contributed by atoms with Crippen LogP contribution < -0.4 is 5.56 Å². The van der Waals surface area contributed by atoms with Gasteiger partial charge in [0.15, 0.2) is 11.2 Å². The van der Waals surface area contributed by atoms with Crippen LogP contribution in [0.1, 0.15) is 13.0 Å². The van der Waals surface area contributed by atoms with Crippen LogP contribution in [0.15, 0.2) is 35.4 Å². The van der Waals surface area contributed by atoms with Gasteiger partial charge in [-0.3, -0.25) is 9.36 Å². The van der Waals surface area contributed by atoms with Gasteiger partial charge in [0, 0.05) is 5.02 Å². The Morgan fingerprint density at radius 3 is 2.65 bits per heavy atom. The van der Waals surface area contributed by atoms with E-state index in [1.165, 1.54) is 18.1 Å². The van der Waals surface area contributed by atoms with Crippen molar-refractivity contribution in [1.29, 1.82) is 0 Å². The second-order valence-corrected chi connectivity index (χ2v) is 5.24. The van der Waals surface area contributed by atoms with Crippen LogP contribution in [0.4, 0.5) is 0 Å². The maximum Gasteiger partial charge on any atom is 0.328 e. The molecular formula is C14H12ClN5O3. The number of ether oxygens (including phenoxy) is 1. The van der Waals surface area contributed by atoms with Crippen LogP contribution >= 0.6 is 11.6 Å². The zero-order valence-corrected chi connectivity index (χ0v) is 13.1. The molecule has 0 bridgehead atoms. The summed E-state index contributed by atoms with van der Waals surface area (Å²) in [6, 6.07) is 6.07. The minimum Gasteiger partial charge on any atom is -0.467 e. The molecule has 2 heterocycles. The number of carbonyl (C=O) groups is 1. The Balaban J connectivity index is 2.13. The number of fused-ring (bicyclic) bond motifs is 1. The van der Waals surface area contributed by atoms with E-state index >= 15 is 0 Å². The summed E-state index contributed by atoms with van der Waals surface area (Å²) < 4.78 is 7.23. The van der Waals surface area contributed by atoms with Crippen molar-refractivity contribution in [1.82, 2.24) is 24.5 Å². The van der Waals surface area contributed by atoms with E-state index in [1.54, 1.807) is 31.2 Å². The topological polar surface area (TPSA) is 91.9 Å². The summed E-state index contributed by atoms with van der Waals surface area (Å²) in [7, 11) is 1.26. The highest BCUT2D eigenvalue weighted by molar-refractivity contribution is 6.30. The average Bonchev–Trinajstić information content (AvgIpc) is 2.99. The molecule has 2 aromatic heterocycles. The monoisotopic (exact) mass is 333 g/mol. The molecule has 0 spiro atoms. The first-order valence-electron chi connectivity index (χ1n) is 6.69. The fourth-order valence-electron chi connectivity index (χ4n) is 2.14. The van der Waals surface area contributed by atoms with Gasteiger partial charge in [0.2, 0.25) is 0 Å². The molecule has 0 saturated heterocycles. The Hall–Kier alpha value is -2.74. The summed E-state index contributed by atoms with van der Waals surface area (Å²) in [6.07, 6.45) is 1.28. The molecule has 0 aliphatic carbocycles. The largest absolute Gasteiger partial charge is 0.467 e. The third-order valence-corrected chi connectivity index (χ3v) is 3.67. The first kappa shape index (κ1) is 15.2. The van der Waals surface area contributed by atoms with Gasteiger partial charge in [-0.25, -0.2) is 9.78 Å². The summed E-state index contributed by atoms with van der Waals surface area (Å²) in [5, 5.41) is 8.41. The number of rotatable bonds is 3. The van der Waals surface area contributed by atoms with Crippen molar-refractivity contribution in [2.45, 2.75) is 13.0 Å². The minimum absolute atomic E-state index is 0.0678. The van der Waals surface area contributed by atoms with E-state index in [0.717, 1.165) is 4.57 Å². The molecule has 9 heteroatoms. The molecule has 0 radical (unpaired) electrons. The van der Waals surface area contributed by atoms with Gasteiger partial charge in [-0.1, -0.05) is 16.8 Å². The molecule has 0 N–H and O–H groups in total. The highest BCUT2D eigenvalue weighted by Gasteiger charge is 2.20. The quantitative estimate of drug-likeness (QED) is 0.672. The number of hydrogen-bond acceptors (Lipinski definition) is 6. The van der Waals surface area contributed by atoms with Crippen LogP contribution in [-0.2, 0) is 9.53 Å². The van der Waals surface area contributed by atoms with E-state index in [9.17, 15) is 9.59 Å². The fraction of sp³-hybridized carbons (Fsp3) is 0.214. The Morgan fingerprint density at radius 2 is 2.00 bits per heavy atom. The van der Waals surface area contributed by atoms with Crippen molar-refractivity contribution in [2.24, 2.45) is 0 Å². The van der Waals surface area contributed by atoms with E-state index in [2.05, 4.69) is 20.0 Å². The van der Waals surface area contributed by atoms with E-state index in [1.807, 2.05) is 0 Å². The molecule has 23 heavy (non-hydrogen) atoms. The number of carbonyl (C=O) groups excluding carboxylic acids is 1. The Morgan fingerprint density at radius 1 is 1.30 bits per heavy atom. The van der Waals surface area contributed by atoms with E-state index in [-0.39, 0.29) is 5.52 Å². The third-order valence-electron chi connectivity index (χ3n) is 3.42. The minimum atomic E-state index is -0.801. The van der Waals surface area contributed by atoms with Crippen molar-refractivity contribution in [2.75, 3.05) is 7.11 Å². The van der Waals surface area contributed by atoms with Crippen LogP contribution in [0.25, 0.3) is 16.9 Å². The van der Waals surface area contributed by atoms with Crippen molar-refractivity contribution < 1.29 is 9.53 Å². The highest BCUT2D eigenvalue weighted by Crippen LogP contribution is 2.16. The lowest BCUT2D eigenvalue weighted by Crippen LogP contribution is -2.29. The molecule has 0 amide bonds. The van der Waals surface area contributed by atoms with Gasteiger partial charge in [-0.05, 0) is 31.2 Å². The maximum atomic E-state index is 12.5. The molecular weight excluding hydrogens is 322 g/mol. The number of benzene rings is 1. The predicted octanol–water partition coefficient (Wildman–Crippen LogP) is 1.36. The van der Waals surface area contributed by atoms with Crippen LogP contribution in [-0.4, -0.2) is 37.6 Å². The van der Waals surface area contributed by atoms with Crippen LogP contribution in [0, 0.1) is 0 Å². The summed E-state index contributed by atoms with van der Waals surface area (Å²) in [4.78, 5) is 28.3. The van der Waals surface area contributed by atoms with Gasteiger partial charge in [-0.2, -0.15) is 4.68 Å². The van der Waals surface area contributed by atoms with Crippen molar-refractivity contribution in [3.05, 3.63) is 46.0 Å². The molecule has 3 aromatic rings. The lowest BCUT2D eigenvalue weighted by Gasteiger charge is -2.11. The number of hydrogen-bond donors (Lipinski definition) is 0. The fourth-order valence-corrected chi connectivity index (χ4v) is 2.26. The lowest BCUT2D eigenvalue weighted by molar-refractivity contribution is -0.144. The first-order valence-corrected chi connectivity index (χ1v) is 7.07. The lowest BCUT2D eigenvalue weighted by atomic mass is 10.3. The summed E-state index contributed by atoms with van der Waals surface area (Å²) in [6.45, 7) is 1.55. The number of esters is 1. The summed E-state index contributed by atoms with van der Waals surface area (Å²) in [5.41, 5.74) is 0.569. The van der Waals surface area contributed by atoms with E-state index < -0.39 is 17.6 Å². The SMILES string of the molecule is COC(=O)[C@H](C)n1cnc2c(nnn2-c2ccc(Cl)cc2)c1=O. The van der Waals surface area contributed by atoms with Crippen LogP contribution in [0.5, 0.6) is 0 Å². The molecule has 8 nitrogen and oxygen atoms in total. The van der Waals surface area contributed by atoms with Gasteiger partial charge in [0.05, 0.1) is 12.8 Å². The number of halogens is 1. The Labute approximate surface area is 135 Å². The maximum absolute atomic E-state index is 12.5. The first-order chi connectivity index (χ1) is 11.0. The smallest absolute Gasteiger partial charge is 0.328 e. The normalized spacial score (nSPS) is 12.3. The average molecular weight is 334 g/mol. The molecule has 1 atom stereocenters. The molecule has 0 unspecified atom stereocenters. The molecule has 0 fully saturated rings. The Kier molecular flexibility index (Phi) is 3.83. The summed E-state index contributed by atoms with van der Waals surface area (Å²) in [5.74, 6) is -0.543. The zero-order chi connectivity index (χ0) is 16.6. The molecule has 1 aromatic carbocycles. The number of aromatic nitrogens is 5. The van der Waals surface area contributed by atoms with Crippen LogP contribution in [0.3, 0.4) is 0 Å². The predicted molar refractivity (Wildman–Crippen MR) is 82.7 cm³/mol. The highest BCUT2D eigenvalue weighted by atomic mass is 35.5. The number of nitrogens with zero attached hydrogens (tertiary/aromatic N) is 5. The third kappa shape index (κ3) is 2.57. The molecule has 0 saturated carbocycles. The van der Waals surface area contributed by atoms with Gasteiger partial charge < -0.3 is 4.74 Å². The molecule has 118 valence electrons. The molecule has 0 aliphatic heterocycles. The van der Waals surface area contributed by atoms with Gasteiger partial charge in [-0.15, -0.1) is 5.10 Å². The van der Waals surface area contributed by atoms with Crippen molar-refractivity contribution >= 4 is 28.7 Å². The van der Waals surface area contributed by atoms with Gasteiger partial charge in [0.1, 0.15) is 12.4 Å². The standard InChI is InChI=1S/C14H12ClN5O3/c1-8(14(22)23-2)19-7-16-12-11(13(19)21)17-18-20(12)10-5-3-9(15)4-6-10/h3-8H,1-2H3/t8-/m0/s1. The van der Waals surface area contributed by atoms with Crippen molar-refractivity contribution in [3.8, 4) is 5.69 Å². The van der Waals surface area contributed by atoms with Crippen LogP contribution in [0.2, 0.25) is 5.02 Å². The second-order valence-electron chi connectivity index (χ2n) is 4.81. The van der Waals surface area contributed by atoms with E-state index in [4.69, 9.17) is 11.6 Å². The second kappa shape index (κ2) is 5.81.